The summed E-state index contributed by atoms with van der Waals surface area (Å²) >= 11 is 0. The van der Waals surface area contributed by atoms with Crippen molar-refractivity contribution in [3.05, 3.63) is 58.7 Å². The molecule has 19 heavy (non-hydrogen) atoms. The SMILES string of the molecule is O=C(O)c1cc(=O)c2cc(-n3cccn3)ccc2o1. The zero-order valence-corrected chi connectivity index (χ0v) is 9.61. The van der Waals surface area contributed by atoms with Crippen LogP contribution in [-0.2, 0) is 0 Å². The van der Waals surface area contributed by atoms with Crippen molar-refractivity contribution < 1.29 is 14.3 Å². The van der Waals surface area contributed by atoms with E-state index in [0.29, 0.717) is 11.1 Å². The lowest BCUT2D eigenvalue weighted by atomic mass is 10.2. The molecule has 3 aromatic rings. The predicted molar refractivity (Wildman–Crippen MR) is 66.6 cm³/mol. The molecule has 1 aromatic carbocycles. The van der Waals surface area contributed by atoms with E-state index in [4.69, 9.17) is 9.52 Å². The van der Waals surface area contributed by atoms with Crippen molar-refractivity contribution in [2.45, 2.75) is 0 Å². The number of carboxylic acid groups (broad SMARTS) is 1. The predicted octanol–water partition coefficient (Wildman–Crippen LogP) is 1.68. The van der Waals surface area contributed by atoms with Gasteiger partial charge >= 0.3 is 5.97 Å². The first-order chi connectivity index (χ1) is 9.15. The summed E-state index contributed by atoms with van der Waals surface area (Å²) in [4.78, 5) is 22.7. The molecule has 6 heteroatoms. The topological polar surface area (TPSA) is 85.3 Å². The molecular formula is C13H8N2O4. The molecule has 2 aromatic heterocycles. The molecule has 0 aliphatic carbocycles. The third-order valence-electron chi connectivity index (χ3n) is 2.69. The number of rotatable bonds is 2. The average molecular weight is 256 g/mol. The van der Waals surface area contributed by atoms with Gasteiger partial charge in [-0.05, 0) is 24.3 Å². The highest BCUT2D eigenvalue weighted by atomic mass is 16.4. The molecule has 0 radical (unpaired) electrons. The zero-order chi connectivity index (χ0) is 13.4. The van der Waals surface area contributed by atoms with E-state index in [1.807, 2.05) is 0 Å². The summed E-state index contributed by atoms with van der Waals surface area (Å²) in [6.07, 6.45) is 3.37. The molecular weight excluding hydrogens is 248 g/mol. The molecule has 0 amide bonds. The Kier molecular flexibility index (Phi) is 2.42. The van der Waals surface area contributed by atoms with Gasteiger partial charge in [0.05, 0.1) is 11.1 Å². The molecule has 1 N–H and O–H groups in total. The van der Waals surface area contributed by atoms with E-state index in [1.165, 1.54) is 0 Å². The third kappa shape index (κ3) is 1.89. The molecule has 2 heterocycles. The van der Waals surface area contributed by atoms with E-state index in [2.05, 4.69) is 5.10 Å². The lowest BCUT2D eigenvalue weighted by Crippen LogP contribution is -2.07. The van der Waals surface area contributed by atoms with Crippen molar-refractivity contribution in [2.24, 2.45) is 0 Å². The normalized spacial score (nSPS) is 10.7. The van der Waals surface area contributed by atoms with Crippen molar-refractivity contribution in [1.29, 1.82) is 0 Å². The highest BCUT2D eigenvalue weighted by molar-refractivity contribution is 5.87. The molecule has 0 fully saturated rings. The Morgan fingerprint density at radius 2 is 2.16 bits per heavy atom. The number of carbonyl (C=O) groups is 1. The summed E-state index contributed by atoms with van der Waals surface area (Å²) in [6.45, 7) is 0. The molecule has 0 saturated heterocycles. The van der Waals surface area contributed by atoms with E-state index in [0.717, 1.165) is 6.07 Å². The third-order valence-corrected chi connectivity index (χ3v) is 2.69. The largest absolute Gasteiger partial charge is 0.475 e. The minimum atomic E-state index is -1.27. The molecule has 0 saturated carbocycles. The monoisotopic (exact) mass is 256 g/mol. The molecule has 0 atom stereocenters. The lowest BCUT2D eigenvalue weighted by molar-refractivity contribution is 0.0663. The molecule has 0 unspecified atom stereocenters. The maximum Gasteiger partial charge on any atom is 0.371 e. The van der Waals surface area contributed by atoms with Gasteiger partial charge < -0.3 is 9.52 Å². The fourth-order valence-electron chi connectivity index (χ4n) is 1.81. The van der Waals surface area contributed by atoms with Crippen molar-refractivity contribution in [1.82, 2.24) is 9.78 Å². The summed E-state index contributed by atoms with van der Waals surface area (Å²) < 4.78 is 6.75. The Hall–Kier alpha value is -2.89. The minimum Gasteiger partial charge on any atom is -0.475 e. The van der Waals surface area contributed by atoms with E-state index in [9.17, 15) is 9.59 Å². The Morgan fingerprint density at radius 3 is 2.84 bits per heavy atom. The number of nitrogens with zero attached hydrogens (tertiary/aromatic N) is 2. The van der Waals surface area contributed by atoms with Crippen LogP contribution in [0.15, 0.2) is 51.9 Å². The summed E-state index contributed by atoms with van der Waals surface area (Å²) in [7, 11) is 0. The van der Waals surface area contributed by atoms with Gasteiger partial charge in [-0.3, -0.25) is 4.79 Å². The highest BCUT2D eigenvalue weighted by Crippen LogP contribution is 2.16. The first-order valence-corrected chi connectivity index (χ1v) is 5.46. The number of carboxylic acids is 1. The van der Waals surface area contributed by atoms with E-state index >= 15 is 0 Å². The standard InChI is InChI=1S/C13H8N2O4/c16-10-7-12(13(17)18)19-11-3-2-8(6-9(10)11)15-5-1-4-14-15/h1-7H,(H,17,18). The Labute approximate surface area is 106 Å². The van der Waals surface area contributed by atoms with E-state index in [-0.39, 0.29) is 11.3 Å². The quantitative estimate of drug-likeness (QED) is 0.753. The van der Waals surface area contributed by atoms with Gasteiger partial charge in [0.1, 0.15) is 5.58 Å². The first-order valence-electron chi connectivity index (χ1n) is 5.46. The van der Waals surface area contributed by atoms with E-state index in [1.54, 1.807) is 41.3 Å². The maximum atomic E-state index is 11.9. The van der Waals surface area contributed by atoms with Gasteiger partial charge in [-0.2, -0.15) is 5.10 Å². The minimum absolute atomic E-state index is 0.237. The Balaban J connectivity index is 2.25. The van der Waals surface area contributed by atoms with Gasteiger partial charge in [0.15, 0.2) is 5.43 Å². The van der Waals surface area contributed by atoms with Crippen LogP contribution in [-0.4, -0.2) is 20.9 Å². The average Bonchev–Trinajstić information content (AvgIpc) is 2.92. The summed E-state index contributed by atoms with van der Waals surface area (Å²) in [5.74, 6) is -1.64. The van der Waals surface area contributed by atoms with Crippen molar-refractivity contribution >= 4 is 16.9 Å². The number of fused-ring (bicyclic) bond motifs is 1. The number of aromatic carboxylic acids is 1. The van der Waals surface area contributed by atoms with Crippen LogP contribution in [0.4, 0.5) is 0 Å². The van der Waals surface area contributed by atoms with Crippen LogP contribution in [0.5, 0.6) is 0 Å². The van der Waals surface area contributed by atoms with Gasteiger partial charge in [0.25, 0.3) is 0 Å². The fraction of sp³-hybridized carbons (Fsp3) is 0. The first kappa shape index (κ1) is 11.2. The Morgan fingerprint density at radius 1 is 1.32 bits per heavy atom. The molecule has 0 aliphatic heterocycles. The molecule has 0 bridgehead atoms. The van der Waals surface area contributed by atoms with Crippen LogP contribution in [0.1, 0.15) is 10.6 Å². The molecule has 6 nitrogen and oxygen atoms in total. The van der Waals surface area contributed by atoms with Crippen molar-refractivity contribution in [3.8, 4) is 5.69 Å². The highest BCUT2D eigenvalue weighted by Gasteiger charge is 2.11. The summed E-state index contributed by atoms with van der Waals surface area (Å²) in [6, 6.07) is 7.60. The molecule has 94 valence electrons. The summed E-state index contributed by atoms with van der Waals surface area (Å²) in [5.41, 5.74) is 0.543. The number of benzene rings is 1. The maximum absolute atomic E-state index is 11.9. The van der Waals surface area contributed by atoms with E-state index < -0.39 is 11.4 Å². The second-order valence-electron chi connectivity index (χ2n) is 3.91. The number of aromatic nitrogens is 2. The van der Waals surface area contributed by atoms with Crippen LogP contribution in [0.3, 0.4) is 0 Å². The smallest absolute Gasteiger partial charge is 0.371 e. The zero-order valence-electron chi connectivity index (χ0n) is 9.61. The van der Waals surface area contributed by atoms with Gasteiger partial charge in [-0.15, -0.1) is 0 Å². The van der Waals surface area contributed by atoms with Crippen LogP contribution >= 0.6 is 0 Å². The van der Waals surface area contributed by atoms with Gasteiger partial charge in [0, 0.05) is 18.5 Å². The number of hydrogen-bond donors (Lipinski definition) is 1. The van der Waals surface area contributed by atoms with Gasteiger partial charge in [-0.25, -0.2) is 9.48 Å². The fourth-order valence-corrected chi connectivity index (χ4v) is 1.81. The Bertz CT molecular complexity index is 818. The van der Waals surface area contributed by atoms with Crippen LogP contribution in [0.25, 0.3) is 16.7 Å². The van der Waals surface area contributed by atoms with Crippen LogP contribution in [0, 0.1) is 0 Å². The van der Waals surface area contributed by atoms with Crippen molar-refractivity contribution in [3.63, 3.8) is 0 Å². The second kappa shape index (κ2) is 4.09. The molecule has 0 spiro atoms. The van der Waals surface area contributed by atoms with Crippen molar-refractivity contribution in [2.75, 3.05) is 0 Å². The number of hydrogen-bond acceptors (Lipinski definition) is 4. The summed E-state index contributed by atoms with van der Waals surface area (Å²) in [5, 5.41) is 13.2. The lowest BCUT2D eigenvalue weighted by Gasteiger charge is -2.03. The van der Waals surface area contributed by atoms with Gasteiger partial charge in [0.2, 0.25) is 5.76 Å². The molecule has 0 aliphatic rings. The van der Waals surface area contributed by atoms with Gasteiger partial charge in [-0.1, -0.05) is 0 Å². The molecule has 3 rings (SSSR count). The van der Waals surface area contributed by atoms with Crippen LogP contribution < -0.4 is 5.43 Å². The second-order valence-corrected chi connectivity index (χ2v) is 3.91. The van der Waals surface area contributed by atoms with Crippen LogP contribution in [0.2, 0.25) is 0 Å².